The normalized spacial score (nSPS) is 14.3. The van der Waals surface area contributed by atoms with E-state index in [0.29, 0.717) is 19.4 Å². The Kier molecular flexibility index (Phi) is 7.15. The lowest BCUT2D eigenvalue weighted by Gasteiger charge is -2.35. The predicted molar refractivity (Wildman–Crippen MR) is 100.0 cm³/mol. The first-order chi connectivity index (χ1) is 11.6. The molecule has 2 aromatic carbocycles. The van der Waals surface area contributed by atoms with Crippen molar-refractivity contribution in [2.24, 2.45) is 0 Å². The molecule has 0 amide bonds. The first-order valence-electron chi connectivity index (χ1n) is 8.68. The molecule has 0 aromatic heterocycles. The maximum atomic E-state index is 15.5. The van der Waals surface area contributed by atoms with Gasteiger partial charge in [-0.1, -0.05) is 74.0 Å². The largest absolute Gasteiger partial charge is 0.406 e. The van der Waals surface area contributed by atoms with Gasteiger partial charge in [0.2, 0.25) is 0 Å². The molecule has 0 spiro atoms. The van der Waals surface area contributed by atoms with Gasteiger partial charge in [0.05, 0.1) is 6.10 Å². The lowest BCUT2D eigenvalue weighted by Crippen LogP contribution is -2.67. The van der Waals surface area contributed by atoms with Gasteiger partial charge in [0.15, 0.2) is 0 Å². The molecule has 0 aliphatic carbocycles. The summed E-state index contributed by atoms with van der Waals surface area (Å²) in [7, 11) is -3.02. The minimum absolute atomic E-state index is 0.359. The van der Waals surface area contributed by atoms with Gasteiger partial charge in [-0.15, -0.1) is 0 Å². The summed E-state index contributed by atoms with van der Waals surface area (Å²) in [6.07, 6.45) is 1.31. The maximum Gasteiger partial charge on any atom is 0.290 e. The molecule has 2 unspecified atom stereocenters. The highest BCUT2D eigenvalue weighted by molar-refractivity contribution is 6.98. The molecule has 2 rings (SSSR count). The summed E-state index contributed by atoms with van der Waals surface area (Å²) in [5.41, 5.74) is 0. The quantitative estimate of drug-likeness (QED) is 0.707. The average Bonchev–Trinajstić information content (AvgIpc) is 2.60. The molecule has 2 atom stereocenters. The minimum Gasteiger partial charge on any atom is -0.406 e. The molecule has 2 aromatic rings. The van der Waals surface area contributed by atoms with Gasteiger partial charge in [0, 0.05) is 6.61 Å². The van der Waals surface area contributed by atoms with Crippen LogP contribution >= 0.6 is 0 Å². The van der Waals surface area contributed by atoms with Crippen LogP contribution in [0.1, 0.15) is 33.1 Å². The third-order valence-corrected chi connectivity index (χ3v) is 8.47. The zero-order chi connectivity index (χ0) is 17.4. The highest BCUT2D eigenvalue weighted by Crippen LogP contribution is 2.20. The molecule has 0 bridgehead atoms. The SMILES string of the molecule is CCCC(F)[Si](OCCC(C)O)(c1ccccc1)c1ccccc1. The van der Waals surface area contributed by atoms with Crippen molar-refractivity contribution < 1.29 is 13.9 Å². The number of halogens is 1. The highest BCUT2D eigenvalue weighted by Gasteiger charge is 2.47. The van der Waals surface area contributed by atoms with Crippen molar-refractivity contribution in [1.29, 1.82) is 0 Å². The molecule has 0 heterocycles. The van der Waals surface area contributed by atoms with Crippen molar-refractivity contribution in [3.8, 4) is 0 Å². The van der Waals surface area contributed by atoms with Crippen molar-refractivity contribution in [2.45, 2.75) is 45.0 Å². The summed E-state index contributed by atoms with van der Waals surface area (Å²) in [6.45, 7) is 4.09. The van der Waals surface area contributed by atoms with E-state index in [1.165, 1.54) is 0 Å². The Labute approximate surface area is 145 Å². The Balaban J connectivity index is 2.50. The fourth-order valence-electron chi connectivity index (χ4n) is 3.00. The molecule has 0 aliphatic heterocycles. The molecule has 130 valence electrons. The van der Waals surface area contributed by atoms with Crippen LogP contribution in [0.3, 0.4) is 0 Å². The third-order valence-electron chi connectivity index (χ3n) is 4.25. The van der Waals surface area contributed by atoms with E-state index in [0.717, 1.165) is 16.8 Å². The molecule has 24 heavy (non-hydrogen) atoms. The van der Waals surface area contributed by atoms with E-state index in [-0.39, 0.29) is 0 Å². The van der Waals surface area contributed by atoms with E-state index in [9.17, 15) is 5.11 Å². The number of rotatable bonds is 9. The van der Waals surface area contributed by atoms with Crippen LogP contribution in [-0.2, 0) is 4.43 Å². The number of benzene rings is 2. The van der Waals surface area contributed by atoms with Crippen molar-refractivity contribution in [1.82, 2.24) is 0 Å². The number of alkyl halides is 1. The van der Waals surface area contributed by atoms with Gasteiger partial charge >= 0.3 is 0 Å². The van der Waals surface area contributed by atoms with Gasteiger partial charge in [-0.05, 0) is 30.1 Å². The summed E-state index contributed by atoms with van der Waals surface area (Å²) in [4.78, 5) is 0. The Morgan fingerprint density at radius 1 is 0.958 bits per heavy atom. The maximum absolute atomic E-state index is 15.5. The van der Waals surface area contributed by atoms with Gasteiger partial charge in [-0.2, -0.15) is 0 Å². The van der Waals surface area contributed by atoms with Gasteiger partial charge in [0.25, 0.3) is 8.32 Å². The second-order valence-electron chi connectivity index (χ2n) is 6.21. The summed E-state index contributed by atoms with van der Waals surface area (Å²) in [6, 6.07) is 19.6. The summed E-state index contributed by atoms with van der Waals surface area (Å²) in [5, 5.41) is 11.5. The molecule has 4 heteroatoms. The Bertz CT molecular complexity index is 550. The topological polar surface area (TPSA) is 29.5 Å². The molecule has 0 fully saturated rings. The van der Waals surface area contributed by atoms with Gasteiger partial charge in [0.1, 0.15) is 5.79 Å². The smallest absolute Gasteiger partial charge is 0.290 e. The van der Waals surface area contributed by atoms with Crippen molar-refractivity contribution in [2.75, 3.05) is 6.61 Å². The van der Waals surface area contributed by atoms with E-state index in [2.05, 4.69) is 0 Å². The van der Waals surface area contributed by atoms with Gasteiger partial charge in [-0.25, -0.2) is 4.39 Å². The van der Waals surface area contributed by atoms with Crippen LogP contribution in [0.25, 0.3) is 0 Å². The number of aliphatic hydroxyl groups is 1. The second-order valence-corrected chi connectivity index (χ2v) is 9.75. The van der Waals surface area contributed by atoms with Crippen molar-refractivity contribution in [3.63, 3.8) is 0 Å². The number of aliphatic hydroxyl groups excluding tert-OH is 1. The van der Waals surface area contributed by atoms with Crippen LogP contribution in [0.4, 0.5) is 4.39 Å². The van der Waals surface area contributed by atoms with E-state index < -0.39 is 20.2 Å². The van der Waals surface area contributed by atoms with Crippen LogP contribution in [0.5, 0.6) is 0 Å². The van der Waals surface area contributed by atoms with E-state index in [4.69, 9.17) is 4.43 Å². The molecule has 1 N–H and O–H groups in total. The van der Waals surface area contributed by atoms with Crippen LogP contribution in [0.2, 0.25) is 0 Å². The number of hydrogen-bond donors (Lipinski definition) is 1. The highest BCUT2D eigenvalue weighted by atomic mass is 28.4. The standard InChI is InChI=1S/C20H27FO2Si/c1-3-10-20(21)24(23-16-15-17(2)22,18-11-6-4-7-12-18)19-13-8-5-9-14-19/h4-9,11-14,17,20,22H,3,10,15-16H2,1-2H3. The van der Waals surface area contributed by atoms with E-state index in [1.54, 1.807) is 6.92 Å². The lowest BCUT2D eigenvalue weighted by atomic mass is 10.3. The van der Waals surface area contributed by atoms with Gasteiger partial charge < -0.3 is 9.53 Å². The zero-order valence-corrected chi connectivity index (χ0v) is 15.5. The predicted octanol–water partition coefficient (Wildman–Crippen LogP) is 3.21. The Morgan fingerprint density at radius 3 is 1.88 bits per heavy atom. The average molecular weight is 347 g/mol. The molecule has 0 radical (unpaired) electrons. The van der Waals surface area contributed by atoms with Crippen LogP contribution in [-0.4, -0.2) is 31.9 Å². The molecule has 0 saturated carbocycles. The van der Waals surface area contributed by atoms with Crippen molar-refractivity contribution >= 4 is 18.7 Å². The number of hydrogen-bond acceptors (Lipinski definition) is 2. The fourth-order valence-corrected chi connectivity index (χ4v) is 7.09. The van der Waals surface area contributed by atoms with Crippen LogP contribution in [0, 0.1) is 0 Å². The van der Waals surface area contributed by atoms with E-state index in [1.807, 2.05) is 67.6 Å². The zero-order valence-electron chi connectivity index (χ0n) is 14.5. The van der Waals surface area contributed by atoms with Crippen LogP contribution in [0.15, 0.2) is 60.7 Å². The molecule has 0 aliphatic rings. The Morgan fingerprint density at radius 2 is 1.46 bits per heavy atom. The summed E-state index contributed by atoms with van der Waals surface area (Å²) >= 11 is 0. The van der Waals surface area contributed by atoms with Crippen LogP contribution < -0.4 is 10.4 Å². The molecular formula is C20H27FO2Si. The first-order valence-corrected chi connectivity index (χ1v) is 10.7. The summed E-state index contributed by atoms with van der Waals surface area (Å²) < 4.78 is 21.8. The lowest BCUT2D eigenvalue weighted by molar-refractivity contribution is 0.150. The molecule has 0 saturated heterocycles. The molecular weight excluding hydrogens is 319 g/mol. The second kappa shape index (κ2) is 9.11. The Hall–Kier alpha value is -1.49. The monoisotopic (exact) mass is 346 g/mol. The van der Waals surface area contributed by atoms with Gasteiger partial charge in [-0.3, -0.25) is 0 Å². The fraction of sp³-hybridized carbons (Fsp3) is 0.400. The summed E-state index contributed by atoms with van der Waals surface area (Å²) in [5.74, 6) is -1.03. The van der Waals surface area contributed by atoms with Crippen molar-refractivity contribution in [3.05, 3.63) is 60.7 Å². The molecule has 2 nitrogen and oxygen atoms in total. The van der Waals surface area contributed by atoms with E-state index >= 15 is 4.39 Å². The third kappa shape index (κ3) is 4.32. The first kappa shape index (κ1) is 18.8. The minimum atomic E-state index is -3.02.